The standard InChI is InChI=1S/C18H36N4/c19-13-1-7-16(8-2-13)22(17-9-3-14(20)4-10-17)18-11-5-15(21)6-12-18/h13-18H,1-12,19-21H2. The van der Waals surface area contributed by atoms with Gasteiger partial charge in [-0.3, -0.25) is 4.90 Å². The zero-order chi connectivity index (χ0) is 15.5. The van der Waals surface area contributed by atoms with E-state index in [0.29, 0.717) is 18.1 Å². The van der Waals surface area contributed by atoms with Gasteiger partial charge in [-0.15, -0.1) is 0 Å². The van der Waals surface area contributed by atoms with Gasteiger partial charge in [0.2, 0.25) is 0 Å². The molecule has 0 unspecified atom stereocenters. The Bertz CT molecular complexity index is 272. The van der Waals surface area contributed by atoms with Gasteiger partial charge in [-0.05, 0) is 77.0 Å². The van der Waals surface area contributed by atoms with E-state index in [4.69, 9.17) is 17.2 Å². The van der Waals surface area contributed by atoms with Crippen LogP contribution in [0.5, 0.6) is 0 Å². The zero-order valence-corrected chi connectivity index (χ0v) is 14.1. The smallest absolute Gasteiger partial charge is 0.0102 e. The summed E-state index contributed by atoms with van der Waals surface area (Å²) in [4.78, 5) is 2.93. The van der Waals surface area contributed by atoms with Gasteiger partial charge in [0.1, 0.15) is 0 Å². The molecular weight excluding hydrogens is 272 g/mol. The summed E-state index contributed by atoms with van der Waals surface area (Å²) in [6.07, 6.45) is 15.0. The molecule has 4 nitrogen and oxygen atoms in total. The normalized spacial score (nSPS) is 44.2. The first kappa shape index (κ1) is 16.7. The molecule has 4 heteroatoms. The lowest BCUT2D eigenvalue weighted by Gasteiger charge is -2.49. The quantitative estimate of drug-likeness (QED) is 0.746. The van der Waals surface area contributed by atoms with Gasteiger partial charge in [0.15, 0.2) is 0 Å². The summed E-state index contributed by atoms with van der Waals surface area (Å²) in [6.45, 7) is 0. The van der Waals surface area contributed by atoms with Gasteiger partial charge in [-0.1, -0.05) is 0 Å². The SMILES string of the molecule is NC1CCC(N(C2CCC(N)CC2)C2CCC(N)CC2)CC1. The molecule has 3 saturated carbocycles. The van der Waals surface area contributed by atoms with Crippen LogP contribution in [0.15, 0.2) is 0 Å². The number of hydrogen-bond donors (Lipinski definition) is 3. The molecule has 0 spiro atoms. The van der Waals surface area contributed by atoms with Gasteiger partial charge in [0.25, 0.3) is 0 Å². The third-order valence-corrected chi connectivity index (χ3v) is 6.49. The van der Waals surface area contributed by atoms with Gasteiger partial charge in [-0.2, -0.15) is 0 Å². The minimum Gasteiger partial charge on any atom is -0.328 e. The van der Waals surface area contributed by atoms with Crippen LogP contribution in [0.3, 0.4) is 0 Å². The second-order valence-electron chi connectivity index (χ2n) is 8.15. The number of rotatable bonds is 3. The van der Waals surface area contributed by atoms with E-state index in [1.54, 1.807) is 0 Å². The van der Waals surface area contributed by atoms with Crippen LogP contribution >= 0.6 is 0 Å². The molecule has 0 aromatic rings. The first-order valence-corrected chi connectivity index (χ1v) is 9.67. The predicted octanol–water partition coefficient (Wildman–Crippen LogP) is 2.10. The summed E-state index contributed by atoms with van der Waals surface area (Å²) >= 11 is 0. The van der Waals surface area contributed by atoms with Crippen molar-refractivity contribution >= 4 is 0 Å². The lowest BCUT2D eigenvalue weighted by Crippen LogP contribution is -2.54. The molecule has 0 heterocycles. The Labute approximate surface area is 136 Å². The second kappa shape index (κ2) is 7.61. The van der Waals surface area contributed by atoms with Gasteiger partial charge < -0.3 is 17.2 Å². The Morgan fingerprint density at radius 3 is 0.864 bits per heavy atom. The van der Waals surface area contributed by atoms with Crippen LogP contribution in [0.1, 0.15) is 77.0 Å². The lowest BCUT2D eigenvalue weighted by atomic mass is 9.81. The first-order valence-electron chi connectivity index (χ1n) is 9.67. The van der Waals surface area contributed by atoms with E-state index in [0.717, 1.165) is 18.1 Å². The van der Waals surface area contributed by atoms with E-state index >= 15 is 0 Å². The average molecular weight is 309 g/mol. The molecule has 3 aliphatic carbocycles. The van der Waals surface area contributed by atoms with Crippen molar-refractivity contribution in [3.8, 4) is 0 Å². The van der Waals surface area contributed by atoms with E-state index in [2.05, 4.69) is 4.90 Å². The molecule has 0 atom stereocenters. The van der Waals surface area contributed by atoms with Crippen molar-refractivity contribution in [1.82, 2.24) is 4.90 Å². The molecule has 6 N–H and O–H groups in total. The highest BCUT2D eigenvalue weighted by Crippen LogP contribution is 2.35. The summed E-state index contributed by atoms with van der Waals surface area (Å²) < 4.78 is 0. The summed E-state index contributed by atoms with van der Waals surface area (Å²) in [5.41, 5.74) is 18.4. The van der Waals surface area contributed by atoms with Gasteiger partial charge >= 0.3 is 0 Å². The van der Waals surface area contributed by atoms with Crippen molar-refractivity contribution in [1.29, 1.82) is 0 Å². The van der Waals surface area contributed by atoms with Crippen LogP contribution in [-0.2, 0) is 0 Å². The van der Waals surface area contributed by atoms with Crippen LogP contribution in [0.4, 0.5) is 0 Å². The highest BCUT2D eigenvalue weighted by atomic mass is 15.2. The topological polar surface area (TPSA) is 81.3 Å². The molecule has 0 saturated heterocycles. The van der Waals surface area contributed by atoms with E-state index in [-0.39, 0.29) is 0 Å². The third-order valence-electron chi connectivity index (χ3n) is 6.49. The van der Waals surface area contributed by atoms with Crippen molar-refractivity contribution < 1.29 is 0 Å². The van der Waals surface area contributed by atoms with E-state index in [9.17, 15) is 0 Å². The predicted molar refractivity (Wildman–Crippen MR) is 92.5 cm³/mol. The minimum atomic E-state index is 0.442. The first-order chi connectivity index (χ1) is 10.6. The fraction of sp³-hybridized carbons (Fsp3) is 1.00. The molecule has 0 aromatic carbocycles. The molecular formula is C18H36N4. The van der Waals surface area contributed by atoms with Gasteiger partial charge in [0, 0.05) is 36.3 Å². The Morgan fingerprint density at radius 1 is 0.409 bits per heavy atom. The molecule has 0 bridgehead atoms. The molecule has 0 aromatic heterocycles. The van der Waals surface area contributed by atoms with Crippen molar-refractivity contribution in [3.05, 3.63) is 0 Å². The average Bonchev–Trinajstić information content (AvgIpc) is 2.53. The highest BCUT2D eigenvalue weighted by Gasteiger charge is 2.37. The van der Waals surface area contributed by atoms with Crippen LogP contribution in [-0.4, -0.2) is 41.2 Å². The largest absolute Gasteiger partial charge is 0.328 e. The minimum absolute atomic E-state index is 0.442. The third kappa shape index (κ3) is 4.02. The van der Waals surface area contributed by atoms with Crippen LogP contribution in [0.2, 0.25) is 0 Å². The van der Waals surface area contributed by atoms with Crippen molar-refractivity contribution in [2.45, 2.75) is 113 Å². The van der Waals surface area contributed by atoms with Crippen molar-refractivity contribution in [2.75, 3.05) is 0 Å². The number of nitrogens with two attached hydrogens (primary N) is 3. The summed E-state index contributed by atoms with van der Waals surface area (Å²) in [5, 5.41) is 0. The Balaban J connectivity index is 1.67. The summed E-state index contributed by atoms with van der Waals surface area (Å²) in [6, 6.07) is 3.61. The molecule has 0 aliphatic heterocycles. The molecule has 0 amide bonds. The molecule has 0 radical (unpaired) electrons. The lowest BCUT2D eigenvalue weighted by molar-refractivity contribution is 0.0161. The molecule has 128 valence electrons. The summed E-state index contributed by atoms with van der Waals surface area (Å²) in [7, 11) is 0. The highest BCUT2D eigenvalue weighted by molar-refractivity contribution is 4.93. The molecule has 3 aliphatic rings. The fourth-order valence-corrected chi connectivity index (χ4v) is 5.09. The van der Waals surface area contributed by atoms with Gasteiger partial charge in [0.05, 0.1) is 0 Å². The molecule has 22 heavy (non-hydrogen) atoms. The maximum atomic E-state index is 6.14. The van der Waals surface area contributed by atoms with Crippen molar-refractivity contribution in [3.63, 3.8) is 0 Å². The monoisotopic (exact) mass is 308 g/mol. The van der Waals surface area contributed by atoms with E-state index < -0.39 is 0 Å². The zero-order valence-electron chi connectivity index (χ0n) is 14.1. The van der Waals surface area contributed by atoms with Crippen LogP contribution < -0.4 is 17.2 Å². The number of hydrogen-bond acceptors (Lipinski definition) is 4. The Hall–Kier alpha value is -0.160. The number of nitrogens with zero attached hydrogens (tertiary/aromatic N) is 1. The van der Waals surface area contributed by atoms with Crippen LogP contribution in [0.25, 0.3) is 0 Å². The molecule has 3 rings (SSSR count). The Morgan fingerprint density at radius 2 is 0.636 bits per heavy atom. The van der Waals surface area contributed by atoms with E-state index in [1.165, 1.54) is 77.0 Å². The maximum absolute atomic E-state index is 6.14. The van der Waals surface area contributed by atoms with E-state index in [1.807, 2.05) is 0 Å². The second-order valence-corrected chi connectivity index (χ2v) is 8.15. The molecule has 3 fully saturated rings. The fourth-order valence-electron chi connectivity index (χ4n) is 5.09. The Kier molecular flexibility index (Phi) is 5.77. The van der Waals surface area contributed by atoms with Gasteiger partial charge in [-0.25, -0.2) is 0 Å². The summed E-state index contributed by atoms with van der Waals surface area (Å²) in [5.74, 6) is 0. The van der Waals surface area contributed by atoms with Crippen molar-refractivity contribution in [2.24, 2.45) is 17.2 Å². The van der Waals surface area contributed by atoms with Crippen LogP contribution in [0, 0.1) is 0 Å². The maximum Gasteiger partial charge on any atom is 0.0102 e.